The quantitative estimate of drug-likeness (QED) is 0.549. The van der Waals surface area contributed by atoms with Crippen molar-refractivity contribution in [2.24, 2.45) is 0 Å². The van der Waals surface area contributed by atoms with Crippen LogP contribution in [0.3, 0.4) is 0 Å². The van der Waals surface area contributed by atoms with Crippen LogP contribution in [0, 0.1) is 0 Å². The van der Waals surface area contributed by atoms with E-state index in [1.807, 2.05) is 0 Å². The highest BCUT2D eigenvalue weighted by molar-refractivity contribution is 6.29. The van der Waals surface area contributed by atoms with Gasteiger partial charge in [0, 0.05) is 29.3 Å². The fraction of sp³-hybridized carbons (Fsp3) is 0.0588. The number of carbonyl (C=O) groups excluding carboxylic acids is 1. The number of hydrogen-bond donors (Lipinski definition) is 2. The number of ether oxygens (including phenoxy) is 2. The molecule has 7 heteroatoms. The SMILES string of the molecule is COc1cc(O)c2c(c1)O/C(=C\c1c[nH]c3nc(Cl)ccc13)C2=O. The van der Waals surface area contributed by atoms with Gasteiger partial charge in [-0.3, -0.25) is 4.79 Å². The van der Waals surface area contributed by atoms with Crippen LogP contribution in [-0.4, -0.2) is 28.0 Å². The molecular weight excluding hydrogens is 332 g/mol. The summed E-state index contributed by atoms with van der Waals surface area (Å²) in [5.41, 5.74) is 1.47. The smallest absolute Gasteiger partial charge is 0.235 e. The highest BCUT2D eigenvalue weighted by Crippen LogP contribution is 2.41. The molecule has 0 spiro atoms. The van der Waals surface area contributed by atoms with Crippen molar-refractivity contribution in [3.05, 3.63) is 52.5 Å². The summed E-state index contributed by atoms with van der Waals surface area (Å²) in [6.45, 7) is 0. The summed E-state index contributed by atoms with van der Waals surface area (Å²) in [4.78, 5) is 19.6. The van der Waals surface area contributed by atoms with Crippen molar-refractivity contribution in [2.75, 3.05) is 7.11 Å². The van der Waals surface area contributed by atoms with Crippen LogP contribution in [0.4, 0.5) is 0 Å². The van der Waals surface area contributed by atoms with Crippen LogP contribution >= 0.6 is 11.6 Å². The number of allylic oxidation sites excluding steroid dienone is 1. The van der Waals surface area contributed by atoms with Gasteiger partial charge >= 0.3 is 0 Å². The molecule has 1 aliphatic heterocycles. The number of nitrogens with one attached hydrogen (secondary N) is 1. The number of benzene rings is 1. The molecule has 0 aliphatic carbocycles. The number of aromatic hydroxyl groups is 1. The number of ketones is 1. The second kappa shape index (κ2) is 5.28. The molecule has 0 saturated heterocycles. The van der Waals surface area contributed by atoms with E-state index in [4.69, 9.17) is 21.1 Å². The van der Waals surface area contributed by atoms with Crippen molar-refractivity contribution >= 4 is 34.5 Å². The maximum atomic E-state index is 12.5. The van der Waals surface area contributed by atoms with Crippen LogP contribution in [-0.2, 0) is 0 Å². The number of pyridine rings is 1. The number of carbonyl (C=O) groups is 1. The predicted molar refractivity (Wildman–Crippen MR) is 88.7 cm³/mol. The molecule has 1 aromatic carbocycles. The minimum absolute atomic E-state index is 0.115. The number of aromatic nitrogens is 2. The maximum Gasteiger partial charge on any atom is 0.235 e. The van der Waals surface area contributed by atoms with Gasteiger partial charge < -0.3 is 19.6 Å². The summed E-state index contributed by atoms with van der Waals surface area (Å²) in [7, 11) is 1.47. The van der Waals surface area contributed by atoms with Crippen LogP contribution in [0.15, 0.2) is 36.2 Å². The molecule has 3 aromatic rings. The van der Waals surface area contributed by atoms with Crippen molar-refractivity contribution in [3.8, 4) is 17.2 Å². The summed E-state index contributed by atoms with van der Waals surface area (Å²) in [5, 5.41) is 11.2. The second-order valence-corrected chi connectivity index (χ2v) is 5.62. The number of halogens is 1. The summed E-state index contributed by atoms with van der Waals surface area (Å²) in [5.74, 6) is 0.228. The lowest BCUT2D eigenvalue weighted by molar-refractivity contribution is 0.101. The lowest BCUT2D eigenvalue weighted by atomic mass is 10.1. The molecule has 0 bridgehead atoms. The third-order valence-electron chi connectivity index (χ3n) is 3.78. The Morgan fingerprint density at radius 2 is 2.21 bits per heavy atom. The predicted octanol–water partition coefficient (Wildman–Crippen LogP) is 3.55. The van der Waals surface area contributed by atoms with Crippen LogP contribution in [0.5, 0.6) is 17.2 Å². The monoisotopic (exact) mass is 342 g/mol. The van der Waals surface area contributed by atoms with Gasteiger partial charge in [0.2, 0.25) is 5.78 Å². The van der Waals surface area contributed by atoms with Crippen molar-refractivity contribution in [2.45, 2.75) is 0 Å². The first-order valence-corrected chi connectivity index (χ1v) is 7.43. The largest absolute Gasteiger partial charge is 0.507 e. The molecule has 0 fully saturated rings. The van der Waals surface area contributed by atoms with Gasteiger partial charge in [-0.15, -0.1) is 0 Å². The molecule has 1 aliphatic rings. The summed E-state index contributed by atoms with van der Waals surface area (Å²) in [6, 6.07) is 6.41. The van der Waals surface area contributed by atoms with E-state index >= 15 is 0 Å². The Morgan fingerprint density at radius 3 is 3.00 bits per heavy atom. The minimum atomic E-state index is -0.388. The Kier molecular flexibility index (Phi) is 3.21. The number of Topliss-reactive ketones (excluding diaryl/α,β-unsaturated/α-hetero) is 1. The van der Waals surface area contributed by atoms with Crippen LogP contribution in [0.25, 0.3) is 17.1 Å². The number of nitrogens with zero attached hydrogens (tertiary/aromatic N) is 1. The average molecular weight is 343 g/mol. The van der Waals surface area contributed by atoms with E-state index in [-0.39, 0.29) is 28.6 Å². The van der Waals surface area contributed by atoms with Crippen molar-refractivity contribution in [3.63, 3.8) is 0 Å². The first-order valence-electron chi connectivity index (χ1n) is 7.05. The van der Waals surface area contributed by atoms with Gasteiger partial charge in [-0.05, 0) is 18.2 Å². The highest BCUT2D eigenvalue weighted by atomic mass is 35.5. The zero-order valence-electron chi connectivity index (χ0n) is 12.5. The van der Waals surface area contributed by atoms with Gasteiger partial charge in [0.15, 0.2) is 5.76 Å². The van der Waals surface area contributed by atoms with Crippen LogP contribution in [0.1, 0.15) is 15.9 Å². The van der Waals surface area contributed by atoms with Gasteiger partial charge in [-0.25, -0.2) is 4.98 Å². The van der Waals surface area contributed by atoms with E-state index in [1.54, 1.807) is 30.5 Å². The van der Waals surface area contributed by atoms with Crippen molar-refractivity contribution < 1.29 is 19.4 Å². The molecule has 0 saturated carbocycles. The van der Waals surface area contributed by atoms with E-state index in [0.29, 0.717) is 16.5 Å². The first-order chi connectivity index (χ1) is 11.6. The number of rotatable bonds is 2. The molecule has 2 aromatic heterocycles. The fourth-order valence-corrected chi connectivity index (χ4v) is 2.80. The Hall–Kier alpha value is -2.99. The molecule has 6 nitrogen and oxygen atoms in total. The summed E-state index contributed by atoms with van der Waals surface area (Å²) < 4.78 is 10.7. The maximum absolute atomic E-state index is 12.5. The molecule has 4 rings (SSSR count). The number of aromatic amines is 1. The van der Waals surface area contributed by atoms with E-state index in [0.717, 1.165) is 10.9 Å². The molecule has 3 heterocycles. The lowest BCUT2D eigenvalue weighted by Gasteiger charge is -2.03. The Labute approximate surface area is 141 Å². The minimum Gasteiger partial charge on any atom is -0.507 e. The number of hydrogen-bond acceptors (Lipinski definition) is 5. The van der Waals surface area contributed by atoms with E-state index in [2.05, 4.69) is 9.97 Å². The molecule has 2 N–H and O–H groups in total. The highest BCUT2D eigenvalue weighted by Gasteiger charge is 2.31. The number of phenolic OH excluding ortho intramolecular Hbond substituents is 1. The van der Waals surface area contributed by atoms with Gasteiger partial charge in [-0.2, -0.15) is 0 Å². The molecular formula is C17H11ClN2O4. The summed E-state index contributed by atoms with van der Waals surface area (Å²) in [6.07, 6.45) is 3.31. The van der Waals surface area contributed by atoms with Gasteiger partial charge in [-0.1, -0.05) is 11.6 Å². The van der Waals surface area contributed by atoms with E-state index < -0.39 is 0 Å². The molecule has 24 heavy (non-hydrogen) atoms. The molecule has 0 unspecified atom stereocenters. The molecule has 0 atom stereocenters. The molecule has 0 radical (unpaired) electrons. The summed E-state index contributed by atoms with van der Waals surface area (Å²) >= 11 is 5.86. The van der Waals surface area contributed by atoms with E-state index in [9.17, 15) is 9.90 Å². The fourth-order valence-electron chi connectivity index (χ4n) is 2.65. The topological polar surface area (TPSA) is 84.4 Å². The average Bonchev–Trinajstić information content (AvgIpc) is 3.09. The van der Waals surface area contributed by atoms with E-state index in [1.165, 1.54) is 13.2 Å². The molecule has 0 amide bonds. The Bertz CT molecular complexity index is 1020. The normalized spacial score (nSPS) is 14.9. The van der Waals surface area contributed by atoms with Crippen LogP contribution in [0.2, 0.25) is 5.15 Å². The molecule has 120 valence electrons. The van der Waals surface area contributed by atoms with Crippen molar-refractivity contribution in [1.29, 1.82) is 0 Å². The van der Waals surface area contributed by atoms with Gasteiger partial charge in [0.1, 0.15) is 33.6 Å². The second-order valence-electron chi connectivity index (χ2n) is 5.23. The Morgan fingerprint density at radius 1 is 1.38 bits per heavy atom. The zero-order chi connectivity index (χ0) is 16.8. The van der Waals surface area contributed by atoms with Crippen LogP contribution < -0.4 is 9.47 Å². The lowest BCUT2D eigenvalue weighted by Crippen LogP contribution is -1.98. The first kappa shape index (κ1) is 14.6. The Balaban J connectivity index is 1.79. The van der Waals surface area contributed by atoms with Gasteiger partial charge in [0.25, 0.3) is 0 Å². The third-order valence-corrected chi connectivity index (χ3v) is 4.00. The number of phenols is 1. The number of fused-ring (bicyclic) bond motifs is 2. The number of H-pyrrole nitrogens is 1. The zero-order valence-corrected chi connectivity index (χ0v) is 13.2. The van der Waals surface area contributed by atoms with Crippen molar-refractivity contribution in [1.82, 2.24) is 9.97 Å². The number of methoxy groups -OCH3 is 1. The third kappa shape index (κ3) is 2.19. The van der Waals surface area contributed by atoms with Gasteiger partial charge in [0.05, 0.1) is 7.11 Å². The standard InChI is InChI=1S/C17H11ClN2O4/c1-23-9-5-11(21)15-12(6-9)24-13(16(15)22)4-8-7-19-17-10(8)2-3-14(18)20-17/h2-7,21H,1H3,(H,19,20)/b13-4-.